The fraction of sp³-hybridized carbons (Fsp3) is 0.294. The molecule has 0 N–H and O–H groups in total. The van der Waals surface area contributed by atoms with Crippen LogP contribution in [0.1, 0.15) is 47.4 Å². The molecule has 0 fully saturated rings. The van der Waals surface area contributed by atoms with Gasteiger partial charge in [-0.1, -0.05) is 50.2 Å². The van der Waals surface area contributed by atoms with Crippen molar-refractivity contribution in [1.82, 2.24) is 0 Å². The molecule has 0 spiro atoms. The lowest BCUT2D eigenvalue weighted by Gasteiger charge is -2.13. The van der Waals surface area contributed by atoms with E-state index in [-0.39, 0.29) is 11.2 Å². The van der Waals surface area contributed by atoms with Crippen LogP contribution in [0.15, 0.2) is 42.5 Å². The molecule has 100 valence electrons. The molecule has 0 heterocycles. The van der Waals surface area contributed by atoms with Gasteiger partial charge in [-0.15, -0.1) is 11.6 Å². The maximum Gasteiger partial charge on any atom is 0.126 e. The average Bonchev–Trinajstić information content (AvgIpc) is 2.41. The Morgan fingerprint density at radius 1 is 0.895 bits per heavy atom. The number of aryl methyl sites for hydroxylation is 1. The predicted octanol–water partition coefficient (Wildman–Crippen LogP) is 5.59. The topological polar surface area (TPSA) is 0 Å². The largest absolute Gasteiger partial charge is 0.207 e. The van der Waals surface area contributed by atoms with E-state index in [4.69, 9.17) is 11.6 Å². The highest BCUT2D eigenvalue weighted by atomic mass is 35.5. The molecule has 2 aromatic carbocycles. The molecule has 0 bridgehead atoms. The quantitative estimate of drug-likeness (QED) is 0.642. The summed E-state index contributed by atoms with van der Waals surface area (Å²) >= 11 is 6.42. The molecule has 0 saturated heterocycles. The summed E-state index contributed by atoms with van der Waals surface area (Å²) in [5.74, 6) is 0.293. The first-order valence-electron chi connectivity index (χ1n) is 6.49. The lowest BCUT2D eigenvalue weighted by atomic mass is 9.98. The second-order valence-electron chi connectivity index (χ2n) is 5.19. The van der Waals surface area contributed by atoms with Crippen molar-refractivity contribution in [1.29, 1.82) is 0 Å². The molecular formula is C17H18ClF. The van der Waals surface area contributed by atoms with Gasteiger partial charge in [0, 0.05) is 0 Å². The number of hydrogen-bond acceptors (Lipinski definition) is 0. The summed E-state index contributed by atoms with van der Waals surface area (Å²) in [5, 5.41) is -0.309. The van der Waals surface area contributed by atoms with Crippen molar-refractivity contribution in [3.8, 4) is 0 Å². The van der Waals surface area contributed by atoms with Gasteiger partial charge in [0.15, 0.2) is 0 Å². The smallest absolute Gasteiger partial charge is 0.126 e. The van der Waals surface area contributed by atoms with Crippen LogP contribution in [0.4, 0.5) is 4.39 Å². The van der Waals surface area contributed by atoms with E-state index in [9.17, 15) is 4.39 Å². The molecule has 1 unspecified atom stereocenters. The molecule has 2 aromatic rings. The van der Waals surface area contributed by atoms with E-state index in [0.29, 0.717) is 11.5 Å². The van der Waals surface area contributed by atoms with Crippen molar-refractivity contribution in [2.45, 2.75) is 32.1 Å². The number of benzene rings is 2. The second kappa shape index (κ2) is 5.75. The highest BCUT2D eigenvalue weighted by molar-refractivity contribution is 6.22. The van der Waals surface area contributed by atoms with Gasteiger partial charge in [0.25, 0.3) is 0 Å². The normalized spacial score (nSPS) is 12.7. The Bertz CT molecular complexity index is 558. The lowest BCUT2D eigenvalue weighted by Crippen LogP contribution is -1.96. The zero-order chi connectivity index (χ0) is 14.0. The number of rotatable bonds is 3. The number of hydrogen-bond donors (Lipinski definition) is 0. The van der Waals surface area contributed by atoms with Crippen LogP contribution >= 0.6 is 11.6 Å². The summed E-state index contributed by atoms with van der Waals surface area (Å²) < 4.78 is 13.6. The Balaban J connectivity index is 2.27. The Morgan fingerprint density at radius 2 is 1.42 bits per heavy atom. The van der Waals surface area contributed by atoms with E-state index in [1.807, 2.05) is 18.2 Å². The fourth-order valence-corrected chi connectivity index (χ4v) is 2.29. The predicted molar refractivity (Wildman–Crippen MR) is 79.4 cm³/mol. The van der Waals surface area contributed by atoms with Crippen molar-refractivity contribution in [2.24, 2.45) is 0 Å². The summed E-state index contributed by atoms with van der Waals surface area (Å²) in [4.78, 5) is 0. The van der Waals surface area contributed by atoms with Gasteiger partial charge in [0.1, 0.15) is 5.82 Å². The van der Waals surface area contributed by atoms with Crippen molar-refractivity contribution < 1.29 is 4.39 Å². The Kier molecular flexibility index (Phi) is 4.26. The van der Waals surface area contributed by atoms with E-state index in [1.165, 1.54) is 11.6 Å². The third-order valence-corrected chi connectivity index (χ3v) is 3.89. The van der Waals surface area contributed by atoms with Crippen LogP contribution < -0.4 is 0 Å². The molecule has 2 rings (SSSR count). The summed E-state index contributed by atoms with van der Waals surface area (Å²) in [7, 11) is 0. The van der Waals surface area contributed by atoms with Gasteiger partial charge < -0.3 is 0 Å². The van der Waals surface area contributed by atoms with Crippen LogP contribution in [-0.4, -0.2) is 0 Å². The van der Waals surface area contributed by atoms with Gasteiger partial charge in [0.2, 0.25) is 0 Å². The van der Waals surface area contributed by atoms with Crippen LogP contribution in [-0.2, 0) is 0 Å². The first-order chi connectivity index (χ1) is 8.99. The van der Waals surface area contributed by atoms with Crippen molar-refractivity contribution in [3.63, 3.8) is 0 Å². The van der Waals surface area contributed by atoms with Crippen LogP contribution in [0.5, 0.6) is 0 Å². The van der Waals surface area contributed by atoms with Gasteiger partial charge in [-0.25, -0.2) is 4.39 Å². The summed E-state index contributed by atoms with van der Waals surface area (Å²) in [6.45, 7) is 6.06. The minimum atomic E-state index is -0.309. The molecule has 0 aromatic heterocycles. The Labute approximate surface area is 119 Å². The third-order valence-electron chi connectivity index (χ3n) is 3.38. The lowest BCUT2D eigenvalue weighted by molar-refractivity contribution is 0.616. The van der Waals surface area contributed by atoms with E-state index in [0.717, 1.165) is 11.1 Å². The van der Waals surface area contributed by atoms with E-state index in [2.05, 4.69) is 26.0 Å². The van der Waals surface area contributed by atoms with Gasteiger partial charge in [0.05, 0.1) is 5.38 Å². The minimum absolute atomic E-state index is 0.207. The zero-order valence-electron chi connectivity index (χ0n) is 11.5. The van der Waals surface area contributed by atoms with Crippen LogP contribution in [0.2, 0.25) is 0 Å². The Hall–Kier alpha value is -1.34. The molecule has 0 amide bonds. The molecule has 19 heavy (non-hydrogen) atoms. The molecule has 2 heteroatoms. The van der Waals surface area contributed by atoms with Crippen LogP contribution in [0, 0.1) is 12.7 Å². The summed E-state index contributed by atoms with van der Waals surface area (Å²) in [6, 6.07) is 13.4. The van der Waals surface area contributed by atoms with Gasteiger partial charge >= 0.3 is 0 Å². The molecule has 0 aliphatic rings. The van der Waals surface area contributed by atoms with Gasteiger partial charge in [-0.05, 0) is 41.2 Å². The standard InChI is InChI=1S/C17H18ClF/c1-11(2)13-6-8-14(9-7-13)17(18)15-5-4-12(3)16(19)10-15/h4-11,17H,1-3H3. The van der Waals surface area contributed by atoms with Crippen LogP contribution in [0.25, 0.3) is 0 Å². The number of halogens is 2. The zero-order valence-corrected chi connectivity index (χ0v) is 12.2. The van der Waals surface area contributed by atoms with E-state index >= 15 is 0 Å². The Morgan fingerprint density at radius 3 is 1.95 bits per heavy atom. The monoisotopic (exact) mass is 276 g/mol. The highest BCUT2D eigenvalue weighted by Crippen LogP contribution is 2.30. The molecular weight excluding hydrogens is 259 g/mol. The third kappa shape index (κ3) is 3.16. The molecule has 0 nitrogen and oxygen atoms in total. The maximum absolute atomic E-state index is 13.6. The maximum atomic E-state index is 13.6. The first kappa shape index (κ1) is 14.1. The van der Waals surface area contributed by atoms with Gasteiger partial charge in [-0.3, -0.25) is 0 Å². The van der Waals surface area contributed by atoms with Crippen LogP contribution in [0.3, 0.4) is 0 Å². The number of alkyl halides is 1. The van der Waals surface area contributed by atoms with Crippen molar-refractivity contribution in [2.75, 3.05) is 0 Å². The average molecular weight is 277 g/mol. The summed E-state index contributed by atoms with van der Waals surface area (Å²) in [5.41, 5.74) is 3.71. The van der Waals surface area contributed by atoms with E-state index < -0.39 is 0 Å². The molecule has 1 atom stereocenters. The summed E-state index contributed by atoms with van der Waals surface area (Å²) in [6.07, 6.45) is 0. The minimum Gasteiger partial charge on any atom is -0.207 e. The fourth-order valence-electron chi connectivity index (χ4n) is 2.01. The first-order valence-corrected chi connectivity index (χ1v) is 6.92. The SMILES string of the molecule is Cc1ccc(C(Cl)c2ccc(C(C)C)cc2)cc1F. The van der Waals surface area contributed by atoms with Gasteiger partial charge in [-0.2, -0.15) is 0 Å². The molecule has 0 aliphatic carbocycles. The van der Waals surface area contributed by atoms with E-state index in [1.54, 1.807) is 13.0 Å². The van der Waals surface area contributed by atoms with Crippen molar-refractivity contribution in [3.05, 3.63) is 70.5 Å². The molecule has 0 saturated carbocycles. The molecule has 0 radical (unpaired) electrons. The second-order valence-corrected chi connectivity index (χ2v) is 5.63. The molecule has 0 aliphatic heterocycles. The highest BCUT2D eigenvalue weighted by Gasteiger charge is 2.12. The van der Waals surface area contributed by atoms with Crippen molar-refractivity contribution >= 4 is 11.6 Å².